The van der Waals surface area contributed by atoms with Crippen molar-refractivity contribution in [2.75, 3.05) is 13.2 Å². The van der Waals surface area contributed by atoms with E-state index >= 15 is 0 Å². The fourth-order valence-electron chi connectivity index (χ4n) is 3.64. The second-order valence-corrected chi connectivity index (χ2v) is 7.41. The minimum Gasteiger partial charge on any atom is -0.466 e. The predicted molar refractivity (Wildman–Crippen MR) is 111 cm³/mol. The summed E-state index contributed by atoms with van der Waals surface area (Å²) in [5, 5.41) is 1.00. The van der Waals surface area contributed by atoms with Crippen molar-refractivity contribution in [3.8, 4) is 0 Å². The van der Waals surface area contributed by atoms with Gasteiger partial charge in [-0.2, -0.15) is 0 Å². The van der Waals surface area contributed by atoms with Gasteiger partial charge in [-0.05, 0) is 37.0 Å². The molecule has 1 aliphatic carbocycles. The second-order valence-electron chi connectivity index (χ2n) is 7.41. The van der Waals surface area contributed by atoms with Crippen LogP contribution in [0.25, 0.3) is 10.9 Å². The highest BCUT2D eigenvalue weighted by Gasteiger charge is 2.45. The summed E-state index contributed by atoms with van der Waals surface area (Å²) in [4.78, 5) is 31.7. The van der Waals surface area contributed by atoms with Crippen molar-refractivity contribution in [2.24, 2.45) is 11.8 Å². The molecular formula is C24H24N2O3. The first-order valence-corrected chi connectivity index (χ1v) is 10.0. The Balaban J connectivity index is 1.55. The van der Waals surface area contributed by atoms with Gasteiger partial charge < -0.3 is 9.64 Å². The third-order valence-electron chi connectivity index (χ3n) is 5.29. The van der Waals surface area contributed by atoms with Crippen molar-refractivity contribution < 1.29 is 14.3 Å². The van der Waals surface area contributed by atoms with Gasteiger partial charge >= 0.3 is 5.97 Å². The molecule has 1 heterocycles. The lowest BCUT2D eigenvalue weighted by Crippen LogP contribution is -2.33. The average molecular weight is 388 g/mol. The monoisotopic (exact) mass is 388 g/mol. The van der Waals surface area contributed by atoms with Crippen molar-refractivity contribution in [3.05, 3.63) is 78.0 Å². The normalized spacial score (nSPS) is 17.7. The molecule has 4 rings (SSSR count). The maximum Gasteiger partial charge on any atom is 0.309 e. The lowest BCUT2D eigenvalue weighted by molar-refractivity contribution is -0.145. The fourth-order valence-corrected chi connectivity index (χ4v) is 3.64. The van der Waals surface area contributed by atoms with Crippen LogP contribution in [0.15, 0.2) is 66.7 Å². The van der Waals surface area contributed by atoms with E-state index in [1.807, 2.05) is 67.6 Å². The van der Waals surface area contributed by atoms with Gasteiger partial charge in [-0.3, -0.25) is 9.59 Å². The molecule has 0 N–H and O–H groups in total. The van der Waals surface area contributed by atoms with Gasteiger partial charge in [0.15, 0.2) is 0 Å². The van der Waals surface area contributed by atoms with Gasteiger partial charge in [0.2, 0.25) is 0 Å². The minimum atomic E-state index is -0.159. The molecule has 0 unspecified atom stereocenters. The number of pyridine rings is 1. The average Bonchev–Trinajstić information content (AvgIpc) is 3.53. The van der Waals surface area contributed by atoms with Crippen LogP contribution in [0.1, 0.15) is 29.4 Å². The van der Waals surface area contributed by atoms with Crippen LogP contribution in [-0.4, -0.2) is 34.9 Å². The molecule has 1 aliphatic rings. The maximum atomic E-state index is 13.3. The largest absolute Gasteiger partial charge is 0.466 e. The molecule has 29 heavy (non-hydrogen) atoms. The zero-order chi connectivity index (χ0) is 20.2. The highest BCUT2D eigenvalue weighted by molar-refractivity contribution is 5.95. The van der Waals surface area contributed by atoms with Gasteiger partial charge in [0.1, 0.15) is 5.69 Å². The van der Waals surface area contributed by atoms with Crippen LogP contribution in [-0.2, 0) is 16.1 Å². The molecular weight excluding hydrogens is 364 g/mol. The van der Waals surface area contributed by atoms with Crippen LogP contribution in [0.5, 0.6) is 0 Å². The van der Waals surface area contributed by atoms with E-state index < -0.39 is 0 Å². The molecule has 5 heteroatoms. The van der Waals surface area contributed by atoms with Gasteiger partial charge in [-0.15, -0.1) is 0 Å². The number of ether oxygens (including phenoxy) is 1. The van der Waals surface area contributed by atoms with E-state index in [-0.39, 0.29) is 23.7 Å². The molecule has 0 aliphatic heterocycles. The Labute approximate surface area is 170 Å². The second kappa shape index (κ2) is 8.43. The standard InChI is InChI=1S/C24H24N2O3/c1-2-29-24(28)20-14-19(20)16-26(15-17-8-4-3-5-9-17)23(27)22-13-12-18-10-6-7-11-21(18)25-22/h3-13,19-20H,2,14-16H2,1H3/t19-,20-/m0/s1. The summed E-state index contributed by atoms with van der Waals surface area (Å²) in [5.74, 6) is -0.240. The molecule has 1 saturated carbocycles. The Hall–Kier alpha value is -3.21. The summed E-state index contributed by atoms with van der Waals surface area (Å²) < 4.78 is 5.13. The van der Waals surface area contributed by atoms with Crippen molar-refractivity contribution in [1.82, 2.24) is 9.88 Å². The molecule has 0 radical (unpaired) electrons. The summed E-state index contributed by atoms with van der Waals surface area (Å²) in [7, 11) is 0. The number of aromatic nitrogens is 1. The molecule has 3 aromatic rings. The van der Waals surface area contributed by atoms with E-state index in [0.29, 0.717) is 25.4 Å². The summed E-state index contributed by atoms with van der Waals surface area (Å²) in [5.41, 5.74) is 2.27. The SMILES string of the molecule is CCOC(=O)[C@H]1C[C@H]1CN(Cc1ccccc1)C(=O)c1ccc2ccccc2n1. The van der Waals surface area contributed by atoms with E-state index in [4.69, 9.17) is 4.74 Å². The first-order valence-electron chi connectivity index (χ1n) is 10.0. The van der Waals surface area contributed by atoms with E-state index in [0.717, 1.165) is 22.9 Å². The lowest BCUT2D eigenvalue weighted by Gasteiger charge is -2.23. The van der Waals surface area contributed by atoms with E-state index in [2.05, 4.69) is 4.98 Å². The number of hydrogen-bond acceptors (Lipinski definition) is 4. The predicted octanol–water partition coefficient (Wildman–Crippen LogP) is 4.08. The Morgan fingerprint density at radius 2 is 1.79 bits per heavy atom. The molecule has 5 nitrogen and oxygen atoms in total. The Morgan fingerprint density at radius 3 is 2.59 bits per heavy atom. The van der Waals surface area contributed by atoms with Crippen LogP contribution < -0.4 is 0 Å². The van der Waals surface area contributed by atoms with E-state index in [1.54, 1.807) is 11.0 Å². The Morgan fingerprint density at radius 1 is 1.03 bits per heavy atom. The Kier molecular flexibility index (Phi) is 5.56. The number of nitrogens with zero attached hydrogens (tertiary/aromatic N) is 2. The number of amides is 1. The van der Waals surface area contributed by atoms with Crippen LogP contribution >= 0.6 is 0 Å². The van der Waals surface area contributed by atoms with E-state index in [1.165, 1.54) is 0 Å². The van der Waals surface area contributed by atoms with Crippen molar-refractivity contribution in [1.29, 1.82) is 0 Å². The smallest absolute Gasteiger partial charge is 0.309 e. The zero-order valence-corrected chi connectivity index (χ0v) is 16.5. The van der Waals surface area contributed by atoms with Gasteiger partial charge in [0.25, 0.3) is 5.91 Å². The molecule has 1 amide bonds. The third-order valence-corrected chi connectivity index (χ3v) is 5.29. The number of para-hydroxylation sites is 1. The lowest BCUT2D eigenvalue weighted by atomic mass is 10.1. The summed E-state index contributed by atoms with van der Waals surface area (Å²) in [6.45, 7) is 3.20. The van der Waals surface area contributed by atoms with Crippen LogP contribution in [0, 0.1) is 11.8 Å². The number of carbonyl (C=O) groups excluding carboxylic acids is 2. The summed E-state index contributed by atoms with van der Waals surface area (Å²) >= 11 is 0. The number of benzene rings is 2. The molecule has 0 spiro atoms. The topological polar surface area (TPSA) is 59.5 Å². The zero-order valence-electron chi connectivity index (χ0n) is 16.5. The summed E-state index contributed by atoms with van der Waals surface area (Å²) in [6, 6.07) is 21.3. The number of esters is 1. The minimum absolute atomic E-state index is 0.106. The molecule has 1 aromatic heterocycles. The van der Waals surface area contributed by atoms with Crippen molar-refractivity contribution in [3.63, 3.8) is 0 Å². The fraction of sp³-hybridized carbons (Fsp3) is 0.292. The van der Waals surface area contributed by atoms with Crippen molar-refractivity contribution >= 4 is 22.8 Å². The molecule has 2 aromatic carbocycles. The van der Waals surface area contributed by atoms with Crippen LogP contribution in [0.3, 0.4) is 0 Å². The van der Waals surface area contributed by atoms with Gasteiger partial charge in [-0.25, -0.2) is 4.98 Å². The van der Waals surface area contributed by atoms with Gasteiger partial charge in [0, 0.05) is 18.5 Å². The molecule has 0 bridgehead atoms. The van der Waals surface area contributed by atoms with Gasteiger partial charge in [0.05, 0.1) is 18.0 Å². The summed E-state index contributed by atoms with van der Waals surface area (Å²) in [6.07, 6.45) is 0.766. The Bertz CT molecular complexity index is 1020. The number of hydrogen-bond donors (Lipinski definition) is 0. The first-order chi connectivity index (χ1) is 14.2. The molecule has 148 valence electrons. The maximum absolute atomic E-state index is 13.3. The molecule has 1 fully saturated rings. The van der Waals surface area contributed by atoms with Crippen LogP contribution in [0.2, 0.25) is 0 Å². The highest BCUT2D eigenvalue weighted by atomic mass is 16.5. The number of carbonyl (C=O) groups is 2. The highest BCUT2D eigenvalue weighted by Crippen LogP contribution is 2.40. The molecule has 0 saturated heterocycles. The quantitative estimate of drug-likeness (QED) is 0.573. The van der Waals surface area contributed by atoms with Crippen molar-refractivity contribution in [2.45, 2.75) is 19.9 Å². The first kappa shape index (κ1) is 19.1. The molecule has 2 atom stereocenters. The number of fused-ring (bicyclic) bond motifs is 1. The van der Waals surface area contributed by atoms with Crippen LogP contribution in [0.4, 0.5) is 0 Å². The number of rotatable bonds is 7. The van der Waals surface area contributed by atoms with E-state index in [9.17, 15) is 9.59 Å². The van der Waals surface area contributed by atoms with Gasteiger partial charge in [-0.1, -0.05) is 54.6 Å². The third kappa shape index (κ3) is 4.45.